The fourth-order valence-corrected chi connectivity index (χ4v) is 7.47. The van der Waals surface area contributed by atoms with E-state index in [1.165, 1.54) is 17.4 Å². The Labute approximate surface area is 232 Å². The van der Waals surface area contributed by atoms with Crippen molar-refractivity contribution in [3.63, 3.8) is 0 Å². The number of aromatic nitrogens is 1. The monoisotopic (exact) mass is 568 g/mol. The molecular weight excluding hydrogens is 536 g/mol. The van der Waals surface area contributed by atoms with Gasteiger partial charge in [-0.05, 0) is 62.9 Å². The Kier molecular flexibility index (Phi) is 8.01. The van der Waals surface area contributed by atoms with Crippen LogP contribution in [-0.2, 0) is 25.8 Å². The number of ether oxygens (including phenoxy) is 1. The van der Waals surface area contributed by atoms with E-state index in [0.717, 1.165) is 42.0 Å². The van der Waals surface area contributed by atoms with E-state index >= 15 is 0 Å². The van der Waals surface area contributed by atoms with E-state index in [4.69, 9.17) is 4.74 Å². The number of carbonyl (C=O) groups is 2. The van der Waals surface area contributed by atoms with E-state index < -0.39 is 21.7 Å². The number of fused-ring (bicyclic) bond motifs is 1. The summed E-state index contributed by atoms with van der Waals surface area (Å²) in [5, 5.41) is 7.62. The number of rotatable bonds is 6. The molecule has 0 spiro atoms. The Morgan fingerprint density at radius 3 is 2.69 bits per heavy atom. The number of aryl methyl sites for hydroxylation is 1. The molecule has 2 N–H and O–H groups in total. The van der Waals surface area contributed by atoms with Crippen LogP contribution in [0.3, 0.4) is 0 Å². The van der Waals surface area contributed by atoms with Crippen LogP contribution in [0.2, 0.25) is 0 Å². The molecule has 2 atom stereocenters. The number of nitrogens with zero attached hydrogens (tertiary/aromatic N) is 2. The molecule has 3 heterocycles. The van der Waals surface area contributed by atoms with Crippen LogP contribution in [0.4, 0.5) is 10.8 Å². The number of morpholine rings is 1. The van der Waals surface area contributed by atoms with Crippen LogP contribution in [0.25, 0.3) is 11.3 Å². The first-order chi connectivity index (χ1) is 18.7. The van der Waals surface area contributed by atoms with Gasteiger partial charge in [-0.1, -0.05) is 18.2 Å². The molecule has 2 aliphatic heterocycles. The SMILES string of the molecule is C[C@@H]1CN(c2cccc(-c3csc(NC(=O)CNC(=O)c4ccc5c(c4)S(=O)(=O)CCCC5)n3)c2)C[C@H](C)O1. The molecule has 1 fully saturated rings. The summed E-state index contributed by atoms with van der Waals surface area (Å²) in [6.45, 7) is 5.52. The first-order valence-corrected chi connectivity index (χ1v) is 15.6. The maximum absolute atomic E-state index is 12.7. The number of anilines is 2. The maximum Gasteiger partial charge on any atom is 0.251 e. The molecule has 2 aromatic carbocycles. The van der Waals surface area contributed by atoms with Crippen molar-refractivity contribution in [2.24, 2.45) is 0 Å². The first-order valence-electron chi connectivity index (χ1n) is 13.1. The Morgan fingerprint density at radius 2 is 1.90 bits per heavy atom. The van der Waals surface area contributed by atoms with E-state index in [1.54, 1.807) is 12.1 Å². The summed E-state index contributed by atoms with van der Waals surface area (Å²) in [4.78, 5) is 32.3. The maximum atomic E-state index is 12.7. The smallest absolute Gasteiger partial charge is 0.251 e. The fourth-order valence-electron chi connectivity index (χ4n) is 5.05. The van der Waals surface area contributed by atoms with E-state index in [2.05, 4.69) is 46.5 Å². The molecule has 11 heteroatoms. The van der Waals surface area contributed by atoms with Crippen LogP contribution in [0.15, 0.2) is 52.7 Å². The van der Waals surface area contributed by atoms with Crippen molar-refractivity contribution in [2.75, 3.05) is 35.6 Å². The Bertz CT molecular complexity index is 1480. The number of carbonyl (C=O) groups excluding carboxylic acids is 2. The van der Waals surface area contributed by atoms with Crippen LogP contribution in [0.1, 0.15) is 42.6 Å². The minimum atomic E-state index is -3.42. The summed E-state index contributed by atoms with van der Waals surface area (Å²) < 4.78 is 31.0. The Hall–Kier alpha value is -3.28. The van der Waals surface area contributed by atoms with Gasteiger partial charge in [-0.3, -0.25) is 9.59 Å². The van der Waals surface area contributed by atoms with Gasteiger partial charge in [-0.15, -0.1) is 11.3 Å². The second-order valence-corrected chi connectivity index (χ2v) is 13.0. The molecule has 3 aromatic rings. The van der Waals surface area contributed by atoms with Crippen molar-refractivity contribution >= 4 is 43.8 Å². The van der Waals surface area contributed by atoms with Gasteiger partial charge >= 0.3 is 0 Å². The lowest BCUT2D eigenvalue weighted by atomic mass is 10.1. The molecule has 0 aliphatic carbocycles. The summed E-state index contributed by atoms with van der Waals surface area (Å²) >= 11 is 1.31. The van der Waals surface area contributed by atoms with Gasteiger partial charge in [0.25, 0.3) is 5.91 Å². The predicted molar refractivity (Wildman–Crippen MR) is 152 cm³/mol. The molecule has 5 rings (SSSR count). The number of amides is 2. The summed E-state index contributed by atoms with van der Waals surface area (Å²) in [5.74, 6) is -0.841. The largest absolute Gasteiger partial charge is 0.372 e. The lowest BCUT2D eigenvalue weighted by Crippen LogP contribution is -2.45. The predicted octanol–water partition coefficient (Wildman–Crippen LogP) is 3.90. The lowest BCUT2D eigenvalue weighted by molar-refractivity contribution is -0.115. The van der Waals surface area contributed by atoms with Crippen LogP contribution in [0.5, 0.6) is 0 Å². The van der Waals surface area contributed by atoms with Gasteiger partial charge in [-0.25, -0.2) is 13.4 Å². The molecule has 39 heavy (non-hydrogen) atoms. The average molecular weight is 569 g/mol. The molecule has 1 aromatic heterocycles. The van der Waals surface area contributed by atoms with E-state index in [1.807, 2.05) is 17.5 Å². The fraction of sp³-hybridized carbons (Fsp3) is 0.393. The molecule has 2 amide bonds. The normalized spacial score (nSPS) is 20.5. The molecule has 2 aliphatic rings. The zero-order valence-corrected chi connectivity index (χ0v) is 23.6. The standard InChI is InChI=1S/C28H32N4O5S2/c1-18-15-32(16-19(2)37-18)23-8-5-7-21(12-23)24-17-38-28(30-24)31-26(33)14-29-27(34)22-10-9-20-6-3-4-11-39(35,36)25(20)13-22/h5,7-10,12-13,17-19H,3-4,6,11,14-16H2,1-2H3,(H,29,34)(H,30,31,33)/t18-,19+. The molecule has 206 valence electrons. The van der Waals surface area contributed by atoms with Gasteiger partial charge in [0.1, 0.15) is 0 Å². The zero-order valence-electron chi connectivity index (χ0n) is 22.0. The van der Waals surface area contributed by atoms with Gasteiger partial charge < -0.3 is 20.3 Å². The summed E-state index contributed by atoms with van der Waals surface area (Å²) in [6.07, 6.45) is 2.39. The number of sulfone groups is 1. The third-order valence-electron chi connectivity index (χ3n) is 6.86. The Balaban J connectivity index is 1.19. The highest BCUT2D eigenvalue weighted by molar-refractivity contribution is 7.91. The third kappa shape index (κ3) is 6.48. The van der Waals surface area contributed by atoms with Crippen molar-refractivity contribution in [3.8, 4) is 11.3 Å². The molecule has 9 nitrogen and oxygen atoms in total. The van der Waals surface area contributed by atoms with Crippen LogP contribution < -0.4 is 15.5 Å². The molecule has 0 radical (unpaired) electrons. The highest BCUT2D eigenvalue weighted by Gasteiger charge is 2.24. The molecule has 1 saturated heterocycles. The number of hydrogen-bond acceptors (Lipinski definition) is 8. The van der Waals surface area contributed by atoms with Crippen LogP contribution in [-0.4, -0.2) is 62.8 Å². The first kappa shape index (κ1) is 27.3. The molecule has 0 bridgehead atoms. The van der Waals surface area contributed by atoms with Gasteiger partial charge in [0.2, 0.25) is 5.91 Å². The quantitative estimate of drug-likeness (QED) is 0.463. The van der Waals surface area contributed by atoms with Gasteiger partial charge in [0.05, 0.1) is 35.1 Å². The molecule has 0 unspecified atom stereocenters. The Morgan fingerprint density at radius 1 is 1.10 bits per heavy atom. The molecular formula is C28H32N4O5S2. The number of benzene rings is 2. The van der Waals surface area contributed by atoms with Crippen molar-refractivity contribution < 1.29 is 22.7 Å². The minimum Gasteiger partial charge on any atom is -0.372 e. The van der Waals surface area contributed by atoms with E-state index in [0.29, 0.717) is 18.0 Å². The van der Waals surface area contributed by atoms with Crippen molar-refractivity contribution in [1.29, 1.82) is 0 Å². The van der Waals surface area contributed by atoms with Crippen molar-refractivity contribution in [1.82, 2.24) is 10.3 Å². The zero-order chi connectivity index (χ0) is 27.6. The second kappa shape index (κ2) is 11.4. The van der Waals surface area contributed by atoms with Crippen LogP contribution in [0, 0.1) is 0 Å². The summed E-state index contributed by atoms with van der Waals surface area (Å²) in [5.41, 5.74) is 3.75. The van der Waals surface area contributed by atoms with Crippen molar-refractivity contribution in [2.45, 2.75) is 50.2 Å². The van der Waals surface area contributed by atoms with Gasteiger partial charge in [0, 0.05) is 35.3 Å². The summed E-state index contributed by atoms with van der Waals surface area (Å²) in [6, 6.07) is 12.9. The number of hydrogen-bond donors (Lipinski definition) is 2. The highest BCUT2D eigenvalue weighted by Crippen LogP contribution is 2.29. The second-order valence-electron chi connectivity index (χ2n) is 10.1. The minimum absolute atomic E-state index is 0.0825. The average Bonchev–Trinajstić information content (AvgIpc) is 3.31. The number of nitrogens with one attached hydrogen (secondary N) is 2. The van der Waals surface area contributed by atoms with Gasteiger partial charge in [-0.2, -0.15) is 0 Å². The topological polar surface area (TPSA) is 118 Å². The van der Waals surface area contributed by atoms with Crippen LogP contribution >= 0.6 is 11.3 Å². The third-order valence-corrected chi connectivity index (χ3v) is 9.49. The van der Waals surface area contributed by atoms with Gasteiger partial charge in [0.15, 0.2) is 15.0 Å². The molecule has 0 saturated carbocycles. The van der Waals surface area contributed by atoms with E-state index in [9.17, 15) is 18.0 Å². The van der Waals surface area contributed by atoms with Crippen molar-refractivity contribution in [3.05, 3.63) is 59.0 Å². The van der Waals surface area contributed by atoms with E-state index in [-0.39, 0.29) is 35.0 Å². The lowest BCUT2D eigenvalue weighted by Gasteiger charge is -2.37. The number of thiazole rings is 1. The highest BCUT2D eigenvalue weighted by atomic mass is 32.2. The summed E-state index contributed by atoms with van der Waals surface area (Å²) in [7, 11) is -3.42.